The third kappa shape index (κ3) is 4.25. The molecule has 1 N–H and O–H groups in total. The molecule has 9 nitrogen and oxygen atoms in total. The zero-order valence-corrected chi connectivity index (χ0v) is 14.0. The van der Waals surface area contributed by atoms with Crippen LogP contribution in [0.25, 0.3) is 0 Å². The van der Waals surface area contributed by atoms with Crippen LogP contribution in [0.3, 0.4) is 0 Å². The molecule has 2 rings (SSSR count). The van der Waals surface area contributed by atoms with E-state index in [-0.39, 0.29) is 22.7 Å². The summed E-state index contributed by atoms with van der Waals surface area (Å²) in [7, 11) is 0. The smallest absolute Gasteiger partial charge is 0.271 e. The molecule has 0 aliphatic heterocycles. The largest absolute Gasteiger partial charge is 0.323 e. The summed E-state index contributed by atoms with van der Waals surface area (Å²) >= 11 is 1.08. The van der Waals surface area contributed by atoms with Crippen LogP contribution in [0, 0.1) is 15.9 Å². The lowest BCUT2D eigenvalue weighted by Crippen LogP contribution is -2.24. The summed E-state index contributed by atoms with van der Waals surface area (Å²) in [6.45, 7) is 5.73. The van der Waals surface area contributed by atoms with Crippen molar-refractivity contribution in [2.45, 2.75) is 31.5 Å². The third-order valence-corrected chi connectivity index (χ3v) is 3.76. The fourth-order valence-electron chi connectivity index (χ4n) is 1.73. The summed E-state index contributed by atoms with van der Waals surface area (Å²) in [6.07, 6.45) is 0. The van der Waals surface area contributed by atoms with Gasteiger partial charge in [0.25, 0.3) is 5.69 Å². The highest BCUT2D eigenvalue weighted by Crippen LogP contribution is 2.23. The lowest BCUT2D eigenvalue weighted by Gasteiger charge is -2.19. The Morgan fingerprint density at radius 1 is 1.46 bits per heavy atom. The maximum Gasteiger partial charge on any atom is 0.271 e. The Bertz CT molecular complexity index is 773. The van der Waals surface area contributed by atoms with Crippen molar-refractivity contribution in [1.29, 1.82) is 0 Å². The summed E-state index contributed by atoms with van der Waals surface area (Å²) in [6, 6.07) is 2.93. The number of carbonyl (C=O) groups excluding carboxylic acids is 1. The summed E-state index contributed by atoms with van der Waals surface area (Å²) in [5, 5.41) is 24.7. The molecule has 0 atom stereocenters. The molecule has 1 aromatic carbocycles. The number of hydrogen-bond donors (Lipinski definition) is 1. The predicted octanol–water partition coefficient (Wildman–Crippen LogP) is 2.21. The average Bonchev–Trinajstić information content (AvgIpc) is 2.96. The van der Waals surface area contributed by atoms with Crippen molar-refractivity contribution in [2.24, 2.45) is 0 Å². The molecule has 1 amide bonds. The van der Waals surface area contributed by atoms with E-state index in [0.29, 0.717) is 5.16 Å². The summed E-state index contributed by atoms with van der Waals surface area (Å²) < 4.78 is 15.2. The quantitative estimate of drug-likeness (QED) is 0.497. The molecule has 11 heteroatoms. The van der Waals surface area contributed by atoms with Crippen molar-refractivity contribution in [3.8, 4) is 0 Å². The second kappa shape index (κ2) is 6.91. The van der Waals surface area contributed by atoms with E-state index in [1.54, 1.807) is 4.68 Å². The van der Waals surface area contributed by atoms with Crippen LogP contribution in [-0.2, 0) is 10.3 Å². The van der Waals surface area contributed by atoms with Crippen molar-refractivity contribution in [3.05, 3.63) is 34.1 Å². The number of hydrogen-bond acceptors (Lipinski definition) is 7. The Kier molecular flexibility index (Phi) is 5.12. The van der Waals surface area contributed by atoms with Gasteiger partial charge < -0.3 is 5.32 Å². The summed E-state index contributed by atoms with van der Waals surface area (Å²) in [5.41, 5.74) is -0.907. The van der Waals surface area contributed by atoms with Crippen LogP contribution in [0.15, 0.2) is 23.4 Å². The molecule has 0 spiro atoms. The Morgan fingerprint density at radius 2 is 2.17 bits per heavy atom. The van der Waals surface area contributed by atoms with Gasteiger partial charge in [-0.3, -0.25) is 14.9 Å². The van der Waals surface area contributed by atoms with Crippen LogP contribution < -0.4 is 5.32 Å². The fourth-order valence-corrected chi connectivity index (χ4v) is 2.59. The number of benzene rings is 1. The third-order valence-electron chi connectivity index (χ3n) is 2.84. The van der Waals surface area contributed by atoms with Gasteiger partial charge in [0.1, 0.15) is 5.82 Å². The second-order valence-electron chi connectivity index (χ2n) is 5.80. The minimum atomic E-state index is -0.751. The molecule has 0 aliphatic rings. The van der Waals surface area contributed by atoms with E-state index in [2.05, 4.69) is 20.8 Å². The van der Waals surface area contributed by atoms with Crippen molar-refractivity contribution < 1.29 is 14.1 Å². The summed E-state index contributed by atoms with van der Waals surface area (Å²) in [4.78, 5) is 22.0. The second-order valence-corrected chi connectivity index (χ2v) is 6.74. The highest BCUT2D eigenvalue weighted by atomic mass is 32.2. The van der Waals surface area contributed by atoms with Gasteiger partial charge in [0.15, 0.2) is 0 Å². The van der Waals surface area contributed by atoms with Gasteiger partial charge in [0.2, 0.25) is 11.1 Å². The fraction of sp³-hybridized carbons (Fsp3) is 0.385. The Balaban J connectivity index is 2.04. The maximum atomic E-state index is 13.6. The van der Waals surface area contributed by atoms with Gasteiger partial charge in [-0.05, 0) is 37.3 Å². The minimum absolute atomic E-state index is 0.0708. The number of nitro groups is 1. The van der Waals surface area contributed by atoms with Crippen LogP contribution in [0.4, 0.5) is 15.8 Å². The van der Waals surface area contributed by atoms with Gasteiger partial charge >= 0.3 is 0 Å². The van der Waals surface area contributed by atoms with Crippen molar-refractivity contribution in [3.63, 3.8) is 0 Å². The van der Waals surface area contributed by atoms with Gasteiger partial charge in [-0.15, -0.1) is 5.10 Å². The molecule has 0 saturated carbocycles. The van der Waals surface area contributed by atoms with Crippen LogP contribution in [0.1, 0.15) is 20.8 Å². The van der Waals surface area contributed by atoms with Gasteiger partial charge in [-0.1, -0.05) is 11.8 Å². The number of carbonyl (C=O) groups is 1. The molecule has 0 saturated heterocycles. The first-order chi connectivity index (χ1) is 11.2. The number of anilines is 1. The van der Waals surface area contributed by atoms with Crippen LogP contribution >= 0.6 is 11.8 Å². The average molecular weight is 354 g/mol. The van der Waals surface area contributed by atoms with E-state index < -0.39 is 16.6 Å². The number of non-ortho nitro benzene ring substituents is 1. The first-order valence-electron chi connectivity index (χ1n) is 6.84. The van der Waals surface area contributed by atoms with Crippen molar-refractivity contribution in [1.82, 2.24) is 20.2 Å². The number of amides is 1. The predicted molar refractivity (Wildman–Crippen MR) is 85.2 cm³/mol. The van der Waals surface area contributed by atoms with E-state index in [1.165, 1.54) is 0 Å². The SMILES string of the molecule is CC(C)(C)n1nnnc1SCC(=O)Nc1cc([N+](=O)[O-])ccc1F. The van der Waals surface area contributed by atoms with Crippen LogP contribution in [0.2, 0.25) is 0 Å². The van der Waals surface area contributed by atoms with Crippen LogP contribution in [0.5, 0.6) is 0 Å². The number of nitrogens with zero attached hydrogens (tertiary/aromatic N) is 5. The highest BCUT2D eigenvalue weighted by molar-refractivity contribution is 7.99. The summed E-state index contributed by atoms with van der Waals surface area (Å²) in [5.74, 6) is -1.35. The van der Waals surface area contributed by atoms with Crippen LogP contribution in [-0.4, -0.2) is 36.8 Å². The van der Waals surface area contributed by atoms with Crippen molar-refractivity contribution in [2.75, 3.05) is 11.1 Å². The van der Waals surface area contributed by atoms with E-state index in [4.69, 9.17) is 0 Å². The zero-order chi connectivity index (χ0) is 17.9. The minimum Gasteiger partial charge on any atom is -0.323 e. The van der Waals surface area contributed by atoms with E-state index in [1.807, 2.05) is 20.8 Å². The molecule has 2 aromatic rings. The van der Waals surface area contributed by atoms with Gasteiger partial charge in [0, 0.05) is 12.1 Å². The lowest BCUT2D eigenvalue weighted by molar-refractivity contribution is -0.384. The first kappa shape index (κ1) is 17.8. The molecule has 0 bridgehead atoms. The number of nitro benzene ring substituents is 1. The molecule has 0 radical (unpaired) electrons. The standard InChI is InChI=1S/C13H15FN6O3S/c1-13(2,3)19-12(16-17-18-19)24-7-11(21)15-10-6-8(20(22)23)4-5-9(10)14/h4-6H,7H2,1-3H3,(H,15,21). The van der Waals surface area contributed by atoms with Gasteiger partial charge in [-0.25, -0.2) is 9.07 Å². The molecular formula is C13H15FN6O3S. The first-order valence-corrected chi connectivity index (χ1v) is 7.82. The number of tetrazole rings is 1. The monoisotopic (exact) mass is 354 g/mol. The zero-order valence-electron chi connectivity index (χ0n) is 13.2. The maximum absolute atomic E-state index is 13.6. The van der Waals surface area contributed by atoms with Gasteiger partial charge in [0.05, 0.1) is 21.9 Å². The molecule has 0 unspecified atom stereocenters. The van der Waals surface area contributed by atoms with E-state index in [0.717, 1.165) is 30.0 Å². The molecular weight excluding hydrogens is 339 g/mol. The molecule has 1 heterocycles. The number of halogens is 1. The lowest BCUT2D eigenvalue weighted by atomic mass is 10.1. The highest BCUT2D eigenvalue weighted by Gasteiger charge is 2.21. The Morgan fingerprint density at radius 3 is 2.79 bits per heavy atom. The van der Waals surface area contributed by atoms with Crippen molar-refractivity contribution >= 4 is 29.0 Å². The van der Waals surface area contributed by atoms with E-state index >= 15 is 0 Å². The van der Waals surface area contributed by atoms with Gasteiger partial charge in [-0.2, -0.15) is 0 Å². The Labute approximate surface area is 140 Å². The molecule has 1 aromatic heterocycles. The molecule has 0 aliphatic carbocycles. The van der Waals surface area contributed by atoms with E-state index in [9.17, 15) is 19.3 Å². The number of thioether (sulfide) groups is 1. The number of nitrogens with one attached hydrogen (secondary N) is 1. The topological polar surface area (TPSA) is 116 Å². The molecule has 24 heavy (non-hydrogen) atoms. The number of rotatable bonds is 5. The number of aromatic nitrogens is 4. The molecule has 128 valence electrons. The normalized spacial score (nSPS) is 11.3. The molecule has 0 fully saturated rings. The Hall–Kier alpha value is -2.56.